The summed E-state index contributed by atoms with van der Waals surface area (Å²) < 4.78 is 5.83. The molecular formula is C26H28N4O2. The van der Waals surface area contributed by atoms with Crippen molar-refractivity contribution in [1.82, 2.24) is 15.0 Å². The first-order chi connectivity index (χ1) is 15.4. The van der Waals surface area contributed by atoms with E-state index < -0.39 is 0 Å². The molecule has 164 valence electrons. The van der Waals surface area contributed by atoms with Crippen LogP contribution in [-0.2, 0) is 0 Å². The molecule has 1 atom stereocenters. The van der Waals surface area contributed by atoms with Crippen molar-refractivity contribution in [2.24, 2.45) is 0 Å². The molecule has 0 spiro atoms. The molecular weight excluding hydrogens is 400 g/mol. The Labute approximate surface area is 188 Å². The van der Waals surface area contributed by atoms with Crippen LogP contribution in [0.15, 0.2) is 66.7 Å². The Hall–Kier alpha value is -3.67. The number of rotatable bonds is 7. The summed E-state index contributed by atoms with van der Waals surface area (Å²) in [5.41, 5.74) is 4.85. The molecule has 0 saturated heterocycles. The quantitative estimate of drug-likeness (QED) is 0.393. The minimum Gasteiger partial charge on any atom is -0.491 e. The lowest BCUT2D eigenvalue weighted by Gasteiger charge is -2.13. The van der Waals surface area contributed by atoms with Crippen molar-refractivity contribution < 1.29 is 9.53 Å². The van der Waals surface area contributed by atoms with E-state index >= 15 is 0 Å². The Bertz CT molecular complexity index is 1230. The van der Waals surface area contributed by atoms with Crippen LogP contribution in [0, 0.1) is 0 Å². The van der Waals surface area contributed by atoms with Crippen LogP contribution in [0.4, 0.5) is 5.69 Å². The lowest BCUT2D eigenvalue weighted by atomic mass is 10.0. The Morgan fingerprint density at radius 2 is 1.72 bits per heavy atom. The molecule has 0 aliphatic rings. The minimum atomic E-state index is -0.199. The fraction of sp³-hybridized carbons (Fsp3) is 0.269. The number of benzene rings is 3. The smallest absolute Gasteiger partial charge is 0.255 e. The highest BCUT2D eigenvalue weighted by Gasteiger charge is 2.11. The summed E-state index contributed by atoms with van der Waals surface area (Å²) >= 11 is 0. The molecule has 32 heavy (non-hydrogen) atoms. The molecule has 1 aromatic heterocycles. The van der Waals surface area contributed by atoms with Crippen molar-refractivity contribution in [3.05, 3.63) is 77.9 Å². The first-order valence-corrected chi connectivity index (χ1v) is 11.0. The largest absolute Gasteiger partial charge is 0.491 e. The summed E-state index contributed by atoms with van der Waals surface area (Å²) in [6.45, 7) is 8.41. The number of aromatic nitrogens is 3. The van der Waals surface area contributed by atoms with E-state index in [1.165, 1.54) is 5.56 Å². The molecule has 0 fully saturated rings. The van der Waals surface area contributed by atoms with Crippen LogP contribution in [0.2, 0.25) is 0 Å². The van der Waals surface area contributed by atoms with Crippen molar-refractivity contribution >= 4 is 22.6 Å². The first-order valence-electron chi connectivity index (χ1n) is 11.0. The van der Waals surface area contributed by atoms with Crippen LogP contribution in [0.3, 0.4) is 0 Å². The Morgan fingerprint density at radius 3 is 2.44 bits per heavy atom. The molecule has 0 unspecified atom stereocenters. The zero-order valence-electron chi connectivity index (χ0n) is 18.9. The highest BCUT2D eigenvalue weighted by atomic mass is 16.5. The molecule has 0 aliphatic heterocycles. The van der Waals surface area contributed by atoms with Gasteiger partial charge in [0.25, 0.3) is 5.91 Å². The molecule has 0 bridgehead atoms. The van der Waals surface area contributed by atoms with Gasteiger partial charge in [-0.1, -0.05) is 39.0 Å². The van der Waals surface area contributed by atoms with Gasteiger partial charge in [-0.05, 0) is 73.4 Å². The van der Waals surface area contributed by atoms with Gasteiger partial charge >= 0.3 is 0 Å². The number of amides is 1. The minimum absolute atomic E-state index is 0.0971. The average molecular weight is 429 g/mol. The number of nitrogens with zero attached hydrogens (tertiary/aromatic N) is 3. The zero-order chi connectivity index (χ0) is 22.7. The molecule has 0 radical (unpaired) electrons. The lowest BCUT2D eigenvalue weighted by Crippen LogP contribution is -2.13. The van der Waals surface area contributed by atoms with E-state index in [4.69, 9.17) is 4.74 Å². The van der Waals surface area contributed by atoms with Crippen molar-refractivity contribution in [1.29, 1.82) is 0 Å². The van der Waals surface area contributed by atoms with Gasteiger partial charge in [-0.15, -0.1) is 10.2 Å². The van der Waals surface area contributed by atoms with Crippen LogP contribution < -0.4 is 10.1 Å². The first kappa shape index (κ1) is 21.6. The molecule has 6 nitrogen and oxygen atoms in total. The van der Waals surface area contributed by atoms with E-state index in [0.29, 0.717) is 28.4 Å². The maximum atomic E-state index is 12.8. The summed E-state index contributed by atoms with van der Waals surface area (Å²) in [5, 5.41) is 12.1. The number of ether oxygens (including phenoxy) is 1. The van der Waals surface area contributed by atoms with E-state index in [2.05, 4.69) is 48.4 Å². The number of hydrogen-bond donors (Lipinski definition) is 1. The summed E-state index contributed by atoms with van der Waals surface area (Å²) in [6, 6.07) is 21.0. The fourth-order valence-electron chi connectivity index (χ4n) is 3.33. The molecule has 3 aromatic carbocycles. The monoisotopic (exact) mass is 428 g/mol. The number of fused-ring (bicyclic) bond motifs is 1. The van der Waals surface area contributed by atoms with E-state index in [-0.39, 0.29) is 12.0 Å². The van der Waals surface area contributed by atoms with Crippen LogP contribution >= 0.6 is 0 Å². The van der Waals surface area contributed by atoms with Crippen molar-refractivity contribution in [2.75, 3.05) is 5.32 Å². The number of carbonyl (C=O) groups excluding carboxylic acids is 1. The second-order valence-corrected chi connectivity index (χ2v) is 8.26. The van der Waals surface area contributed by atoms with E-state index in [0.717, 1.165) is 17.6 Å². The third-order valence-corrected chi connectivity index (χ3v) is 5.44. The van der Waals surface area contributed by atoms with E-state index in [1.807, 2.05) is 49.4 Å². The second kappa shape index (κ2) is 9.22. The fourth-order valence-corrected chi connectivity index (χ4v) is 3.33. The molecule has 6 heteroatoms. The van der Waals surface area contributed by atoms with Crippen molar-refractivity contribution in [3.63, 3.8) is 0 Å². The van der Waals surface area contributed by atoms with Gasteiger partial charge in [0.15, 0.2) is 0 Å². The Kier molecular flexibility index (Phi) is 6.21. The highest BCUT2D eigenvalue weighted by molar-refractivity contribution is 6.05. The predicted octanol–water partition coefficient (Wildman–Crippen LogP) is 5.97. The molecule has 1 N–H and O–H groups in total. The van der Waals surface area contributed by atoms with Gasteiger partial charge in [-0.3, -0.25) is 4.79 Å². The summed E-state index contributed by atoms with van der Waals surface area (Å²) in [7, 11) is 0. The summed E-state index contributed by atoms with van der Waals surface area (Å²) in [6.07, 6.45) is 0.999. The van der Waals surface area contributed by atoms with Gasteiger partial charge in [0.1, 0.15) is 16.8 Å². The normalized spacial score (nSPS) is 12.2. The number of nitrogens with one attached hydrogen (secondary N) is 1. The second-order valence-electron chi connectivity index (χ2n) is 8.26. The van der Waals surface area contributed by atoms with Gasteiger partial charge < -0.3 is 10.1 Å². The third kappa shape index (κ3) is 4.80. The third-order valence-electron chi connectivity index (χ3n) is 5.44. The maximum absolute atomic E-state index is 12.8. The Morgan fingerprint density at radius 1 is 0.969 bits per heavy atom. The lowest BCUT2D eigenvalue weighted by molar-refractivity contribution is 0.102. The number of hydrogen-bond acceptors (Lipinski definition) is 4. The standard InChI is InChI=1S/C26H28N4O2/c1-5-18(4)32-23-8-6-7-20(15-23)26(31)27-21-11-14-24-25(16-21)29-30(28-24)22-12-9-19(10-13-22)17(2)3/h6-18H,5H2,1-4H3,(H,27,31)/t18-/m1/s1. The van der Waals surface area contributed by atoms with Gasteiger partial charge in [0.2, 0.25) is 0 Å². The van der Waals surface area contributed by atoms with Crippen molar-refractivity contribution in [2.45, 2.75) is 46.1 Å². The van der Waals surface area contributed by atoms with E-state index in [1.54, 1.807) is 16.9 Å². The van der Waals surface area contributed by atoms with Crippen LogP contribution in [0.5, 0.6) is 5.75 Å². The molecule has 4 rings (SSSR count). The molecule has 1 heterocycles. The zero-order valence-corrected chi connectivity index (χ0v) is 18.9. The van der Waals surface area contributed by atoms with E-state index in [9.17, 15) is 4.79 Å². The SMILES string of the molecule is CC[C@@H](C)Oc1cccc(C(=O)Nc2ccc3nn(-c4ccc(C(C)C)cc4)nc3c2)c1. The number of carbonyl (C=O) groups is 1. The van der Waals surface area contributed by atoms with Crippen LogP contribution in [0.25, 0.3) is 16.7 Å². The molecule has 4 aromatic rings. The van der Waals surface area contributed by atoms with Gasteiger partial charge in [-0.2, -0.15) is 4.80 Å². The van der Waals surface area contributed by atoms with Gasteiger partial charge in [-0.25, -0.2) is 0 Å². The Balaban J connectivity index is 1.52. The van der Waals surface area contributed by atoms with Crippen molar-refractivity contribution in [3.8, 4) is 11.4 Å². The van der Waals surface area contributed by atoms with Crippen LogP contribution in [0.1, 0.15) is 56.0 Å². The average Bonchev–Trinajstić information content (AvgIpc) is 3.22. The summed E-state index contributed by atoms with van der Waals surface area (Å²) in [4.78, 5) is 14.4. The summed E-state index contributed by atoms with van der Waals surface area (Å²) in [5.74, 6) is 0.965. The molecule has 0 aliphatic carbocycles. The van der Waals surface area contributed by atoms with Gasteiger partial charge in [0.05, 0.1) is 11.8 Å². The topological polar surface area (TPSA) is 69.0 Å². The predicted molar refractivity (Wildman–Crippen MR) is 128 cm³/mol. The maximum Gasteiger partial charge on any atom is 0.255 e. The van der Waals surface area contributed by atoms with Crippen LogP contribution in [-0.4, -0.2) is 27.0 Å². The number of anilines is 1. The van der Waals surface area contributed by atoms with Gasteiger partial charge in [0, 0.05) is 11.3 Å². The highest BCUT2D eigenvalue weighted by Crippen LogP contribution is 2.21. The molecule has 0 saturated carbocycles. The molecule has 1 amide bonds.